The molecule has 0 saturated carbocycles. The van der Waals surface area contributed by atoms with Gasteiger partial charge in [0.2, 0.25) is 0 Å². The van der Waals surface area contributed by atoms with Crippen molar-refractivity contribution >= 4 is 64.4 Å². The number of halogens is 2. The fraction of sp³-hybridized carbons (Fsp3) is 0.595. The van der Waals surface area contributed by atoms with E-state index in [4.69, 9.17) is 46.9 Å². The number of anilines is 1. The van der Waals surface area contributed by atoms with Gasteiger partial charge in [0.1, 0.15) is 40.5 Å². The minimum Gasteiger partial charge on any atom is -0.490 e. The second-order valence-electron chi connectivity index (χ2n) is 16.6. The van der Waals surface area contributed by atoms with Crippen LogP contribution in [0.1, 0.15) is 108 Å². The molecule has 0 radical (unpaired) electrons. The molecule has 2 aromatic heterocycles. The second-order valence-corrected chi connectivity index (χ2v) is 17.4. The van der Waals surface area contributed by atoms with Crippen LogP contribution in [-0.2, 0) is 30.3 Å². The van der Waals surface area contributed by atoms with E-state index in [1.165, 1.54) is 12.7 Å². The van der Waals surface area contributed by atoms with Crippen molar-refractivity contribution in [2.24, 2.45) is 0 Å². The molecular weight excluding hydrogens is 743 g/mol. The number of carbonyl (C=O) groups excluding carboxylic acids is 4. The van der Waals surface area contributed by atoms with Crippen LogP contribution in [0.4, 0.5) is 20.2 Å². The summed E-state index contributed by atoms with van der Waals surface area (Å²) in [6, 6.07) is 2.25. The number of imidazole rings is 1. The number of imide groups is 1. The highest BCUT2D eigenvalue weighted by Crippen LogP contribution is 2.36. The van der Waals surface area contributed by atoms with Crippen molar-refractivity contribution in [2.45, 2.75) is 144 Å². The third-order valence-corrected chi connectivity index (χ3v) is 7.64. The Labute approximate surface area is 326 Å². The van der Waals surface area contributed by atoms with E-state index in [1.54, 1.807) is 107 Å². The normalized spacial score (nSPS) is 13.5. The highest BCUT2D eigenvalue weighted by Gasteiger charge is 2.36. The Balaban J connectivity index is 1.93. The van der Waals surface area contributed by atoms with Crippen LogP contribution >= 0.6 is 23.2 Å². The van der Waals surface area contributed by atoms with Crippen LogP contribution in [-0.4, -0.2) is 78.3 Å². The predicted octanol–water partition coefficient (Wildman–Crippen LogP) is 8.64. The average Bonchev–Trinajstić information content (AvgIpc) is 3.39. The summed E-state index contributed by atoms with van der Waals surface area (Å²) in [7, 11) is 0. The minimum absolute atomic E-state index is 0.0496. The van der Waals surface area contributed by atoms with Crippen molar-refractivity contribution in [3.05, 3.63) is 40.4 Å². The van der Waals surface area contributed by atoms with Crippen LogP contribution in [0.25, 0.3) is 11.2 Å². The Morgan fingerprint density at radius 3 is 1.87 bits per heavy atom. The lowest BCUT2D eigenvalue weighted by molar-refractivity contribution is -0.157. The standard InChI is InChI=1S/C37H52Cl2N6O9/c1-21(14-16-24(30(46)51-34(2,3)4)43-31(47)52-35(5,6)7)50-25-17-15-23(38)26(39)22(25)18-44-20-42-27-28(44)40-19-41-29(27)45(32(48)53-36(8,9)10)33(49)54-37(11,12)13/h15,17,19-21,24H,14,16,18H2,1-13H3,(H,43,47)/t21?,24-/m1/s1. The summed E-state index contributed by atoms with van der Waals surface area (Å²) in [5.74, 6) is -0.379. The predicted molar refractivity (Wildman–Crippen MR) is 204 cm³/mol. The molecule has 0 fully saturated rings. The highest BCUT2D eigenvalue weighted by atomic mass is 35.5. The Morgan fingerprint density at radius 1 is 0.778 bits per heavy atom. The fourth-order valence-corrected chi connectivity index (χ4v) is 5.15. The maximum atomic E-state index is 13.4. The van der Waals surface area contributed by atoms with Gasteiger partial charge in [-0.05, 0) is 115 Å². The van der Waals surface area contributed by atoms with Crippen LogP contribution in [0.2, 0.25) is 10.0 Å². The quantitative estimate of drug-likeness (QED) is 0.153. The number of nitrogens with zero attached hydrogens (tertiary/aromatic N) is 5. The molecule has 298 valence electrons. The van der Waals surface area contributed by atoms with Gasteiger partial charge in [-0.3, -0.25) is 0 Å². The van der Waals surface area contributed by atoms with Crippen LogP contribution in [0, 0.1) is 0 Å². The van der Waals surface area contributed by atoms with Gasteiger partial charge >= 0.3 is 24.2 Å². The van der Waals surface area contributed by atoms with E-state index < -0.39 is 58.8 Å². The molecule has 54 heavy (non-hydrogen) atoms. The van der Waals surface area contributed by atoms with Crippen molar-refractivity contribution < 1.29 is 42.9 Å². The first kappa shape index (κ1) is 44.0. The van der Waals surface area contributed by atoms with Gasteiger partial charge in [-0.25, -0.2) is 34.1 Å². The summed E-state index contributed by atoms with van der Waals surface area (Å²) in [6.07, 6.45) is -0.145. The number of benzene rings is 1. The fourth-order valence-electron chi connectivity index (χ4n) is 4.76. The lowest BCUT2D eigenvalue weighted by Crippen LogP contribution is -2.46. The molecule has 0 spiro atoms. The topological polar surface area (TPSA) is 173 Å². The summed E-state index contributed by atoms with van der Waals surface area (Å²) in [4.78, 5) is 66.1. The lowest BCUT2D eigenvalue weighted by atomic mass is 10.1. The zero-order chi connectivity index (χ0) is 41.0. The van der Waals surface area contributed by atoms with Gasteiger partial charge in [0.15, 0.2) is 17.0 Å². The molecule has 1 aromatic carbocycles. The molecule has 1 N–H and O–H groups in total. The van der Waals surface area contributed by atoms with Crippen LogP contribution in [0.15, 0.2) is 24.8 Å². The molecule has 0 bridgehead atoms. The van der Waals surface area contributed by atoms with Crippen LogP contribution in [0.3, 0.4) is 0 Å². The van der Waals surface area contributed by atoms with E-state index in [-0.39, 0.29) is 40.0 Å². The van der Waals surface area contributed by atoms with Crippen LogP contribution in [0.5, 0.6) is 5.75 Å². The van der Waals surface area contributed by atoms with Gasteiger partial charge < -0.3 is 33.6 Å². The molecule has 0 saturated heterocycles. The van der Waals surface area contributed by atoms with E-state index in [1.807, 2.05) is 0 Å². The van der Waals surface area contributed by atoms with Crippen molar-refractivity contribution in [1.82, 2.24) is 24.8 Å². The number of ether oxygens (including phenoxy) is 5. The van der Waals surface area contributed by atoms with Gasteiger partial charge in [0, 0.05) is 5.56 Å². The molecule has 3 rings (SSSR count). The number of hydrogen-bond donors (Lipinski definition) is 1. The third kappa shape index (κ3) is 13.2. The van der Waals surface area contributed by atoms with Crippen molar-refractivity contribution in [2.75, 3.05) is 4.90 Å². The van der Waals surface area contributed by atoms with Gasteiger partial charge in [-0.15, -0.1) is 0 Å². The summed E-state index contributed by atoms with van der Waals surface area (Å²) < 4.78 is 29.9. The number of carbonyl (C=O) groups is 4. The SMILES string of the molecule is CC(CC[C@@H](NC(=O)OC(C)(C)C)C(=O)OC(C)(C)C)Oc1ccc(Cl)c(Cl)c1Cn1cnc2c(N(C(=O)OC(C)(C)C)C(=O)OC(C)(C)C)ncnc21. The summed E-state index contributed by atoms with van der Waals surface area (Å²) in [5.41, 5.74) is -2.60. The maximum Gasteiger partial charge on any atom is 0.425 e. The third-order valence-electron chi connectivity index (χ3n) is 6.80. The molecule has 2 heterocycles. The zero-order valence-electron chi connectivity index (χ0n) is 33.3. The van der Waals surface area contributed by atoms with Crippen molar-refractivity contribution in [3.8, 4) is 5.75 Å². The molecule has 0 aliphatic heterocycles. The molecule has 3 amide bonds. The molecule has 1 unspecified atom stereocenters. The first-order valence-corrected chi connectivity index (χ1v) is 18.2. The summed E-state index contributed by atoms with van der Waals surface area (Å²) in [6.45, 7) is 22.2. The number of amides is 3. The van der Waals surface area contributed by atoms with Gasteiger partial charge in [0.05, 0.1) is 29.0 Å². The van der Waals surface area contributed by atoms with E-state index in [0.717, 1.165) is 0 Å². The molecule has 15 nitrogen and oxygen atoms in total. The zero-order valence-corrected chi connectivity index (χ0v) is 34.8. The number of aromatic nitrogens is 4. The molecule has 0 aliphatic rings. The number of rotatable bonds is 10. The number of alkyl carbamates (subject to hydrolysis) is 1. The van der Waals surface area contributed by atoms with E-state index in [0.29, 0.717) is 22.6 Å². The maximum absolute atomic E-state index is 13.4. The number of esters is 1. The second kappa shape index (κ2) is 17.0. The van der Waals surface area contributed by atoms with Gasteiger partial charge in [-0.2, -0.15) is 4.90 Å². The molecule has 0 aliphatic carbocycles. The number of fused-ring (bicyclic) bond motifs is 1. The summed E-state index contributed by atoms with van der Waals surface area (Å²) >= 11 is 13.2. The van der Waals surface area contributed by atoms with E-state index in [2.05, 4.69) is 20.3 Å². The molecular formula is C37H52Cl2N6O9. The number of nitrogens with one attached hydrogen (secondary N) is 1. The van der Waals surface area contributed by atoms with E-state index >= 15 is 0 Å². The Morgan fingerprint density at radius 2 is 1.33 bits per heavy atom. The van der Waals surface area contributed by atoms with Crippen LogP contribution < -0.4 is 15.0 Å². The first-order valence-electron chi connectivity index (χ1n) is 17.4. The van der Waals surface area contributed by atoms with Gasteiger partial charge in [-0.1, -0.05) is 23.2 Å². The Hall–Kier alpha value is -4.37. The molecule has 17 heteroatoms. The largest absolute Gasteiger partial charge is 0.490 e. The lowest BCUT2D eigenvalue weighted by Gasteiger charge is -2.28. The Bertz CT molecular complexity index is 1810. The summed E-state index contributed by atoms with van der Waals surface area (Å²) in [5, 5.41) is 3.10. The van der Waals surface area contributed by atoms with Gasteiger partial charge in [0.25, 0.3) is 0 Å². The number of hydrogen-bond acceptors (Lipinski definition) is 12. The monoisotopic (exact) mass is 794 g/mol. The highest BCUT2D eigenvalue weighted by molar-refractivity contribution is 6.42. The molecule has 2 atom stereocenters. The average molecular weight is 796 g/mol. The van der Waals surface area contributed by atoms with Crippen molar-refractivity contribution in [1.29, 1.82) is 0 Å². The molecule has 3 aromatic rings. The smallest absolute Gasteiger partial charge is 0.425 e. The van der Waals surface area contributed by atoms with Crippen molar-refractivity contribution in [3.63, 3.8) is 0 Å². The van der Waals surface area contributed by atoms with E-state index in [9.17, 15) is 19.2 Å². The minimum atomic E-state index is -1.01. The first-order chi connectivity index (χ1) is 24.6. The Kier molecular flexibility index (Phi) is 13.8.